The van der Waals surface area contributed by atoms with Crippen molar-refractivity contribution in [3.05, 3.63) is 112 Å². The highest BCUT2D eigenvalue weighted by atomic mass is 32.1. The van der Waals surface area contributed by atoms with Crippen LogP contribution in [-0.4, -0.2) is 4.92 Å². The summed E-state index contributed by atoms with van der Waals surface area (Å²) in [6, 6.07) is 27.3. The summed E-state index contributed by atoms with van der Waals surface area (Å²) in [7, 11) is 0. The molecule has 0 amide bonds. The highest BCUT2D eigenvalue weighted by Gasteiger charge is 2.20. The molecular weight excluding hydrogens is 382 g/mol. The number of nitrogens with zero attached hydrogens (tertiary/aromatic N) is 2. The first kappa shape index (κ1) is 18.8. The van der Waals surface area contributed by atoms with E-state index < -0.39 is 0 Å². The second-order valence-corrected chi connectivity index (χ2v) is 7.50. The largest absolute Gasteiger partial charge is 0.334 e. The Balaban J connectivity index is 1.66. The summed E-state index contributed by atoms with van der Waals surface area (Å²) in [5.74, 6) is 0. The number of nitro groups is 1. The minimum Gasteiger partial charge on any atom is -0.261 e. The van der Waals surface area contributed by atoms with Gasteiger partial charge < -0.3 is 0 Å². The van der Waals surface area contributed by atoms with Gasteiger partial charge in [0, 0.05) is 23.1 Å². The molecule has 0 bridgehead atoms. The molecule has 0 aliphatic carbocycles. The standard InChI is InChI=1S/C23H19N3O2S/c27-26(28)21-13-11-20(12-14-21)22-17-29-23(24-15-18-7-3-1-4-8-18)25(22)16-19-9-5-2-6-10-19/h1-14,17H,15-16H2/p+1. The molecule has 0 aliphatic heterocycles. The Kier molecular flexibility index (Phi) is 5.63. The van der Waals surface area contributed by atoms with Crippen molar-refractivity contribution >= 4 is 22.2 Å². The molecule has 144 valence electrons. The zero-order chi connectivity index (χ0) is 20.1. The van der Waals surface area contributed by atoms with E-state index in [1.807, 2.05) is 48.5 Å². The van der Waals surface area contributed by atoms with Crippen LogP contribution in [0.4, 0.5) is 10.8 Å². The van der Waals surface area contributed by atoms with Crippen LogP contribution in [0.25, 0.3) is 11.3 Å². The molecule has 4 aromatic rings. The van der Waals surface area contributed by atoms with E-state index in [9.17, 15) is 10.1 Å². The van der Waals surface area contributed by atoms with Gasteiger partial charge >= 0.3 is 5.13 Å². The van der Waals surface area contributed by atoms with E-state index in [1.165, 1.54) is 11.1 Å². The Labute approximate surface area is 173 Å². The zero-order valence-electron chi connectivity index (χ0n) is 15.7. The number of anilines is 1. The molecule has 0 radical (unpaired) electrons. The van der Waals surface area contributed by atoms with Crippen LogP contribution in [0.1, 0.15) is 11.1 Å². The van der Waals surface area contributed by atoms with Crippen molar-refractivity contribution in [2.24, 2.45) is 0 Å². The quantitative estimate of drug-likeness (QED) is 0.260. The van der Waals surface area contributed by atoms with Gasteiger partial charge in [-0.2, -0.15) is 0 Å². The normalized spacial score (nSPS) is 10.6. The molecule has 29 heavy (non-hydrogen) atoms. The molecule has 0 unspecified atom stereocenters. The van der Waals surface area contributed by atoms with Crippen molar-refractivity contribution in [3.63, 3.8) is 0 Å². The molecule has 5 nitrogen and oxygen atoms in total. The SMILES string of the molecule is O=[N+]([O-])c1ccc(-c2csc(NCc3ccccc3)[n+]2Cc2ccccc2)cc1. The van der Waals surface area contributed by atoms with Crippen molar-refractivity contribution in [3.8, 4) is 11.3 Å². The molecular formula is C23H20N3O2S+. The van der Waals surface area contributed by atoms with Gasteiger partial charge in [-0.25, -0.2) is 4.57 Å². The van der Waals surface area contributed by atoms with Crippen molar-refractivity contribution < 1.29 is 9.49 Å². The van der Waals surface area contributed by atoms with Crippen LogP contribution >= 0.6 is 11.3 Å². The Hall–Kier alpha value is -3.51. The van der Waals surface area contributed by atoms with Gasteiger partial charge in [0.15, 0.2) is 0 Å². The molecule has 0 fully saturated rings. The molecule has 1 aromatic heterocycles. The fourth-order valence-corrected chi connectivity index (χ4v) is 4.09. The average molecular weight is 402 g/mol. The summed E-state index contributed by atoms with van der Waals surface area (Å²) in [4.78, 5) is 10.6. The third-order valence-electron chi connectivity index (χ3n) is 4.66. The Morgan fingerprint density at radius 3 is 2.10 bits per heavy atom. The second-order valence-electron chi connectivity index (χ2n) is 6.64. The smallest absolute Gasteiger partial charge is 0.261 e. The first-order valence-corrected chi connectivity index (χ1v) is 10.2. The van der Waals surface area contributed by atoms with Crippen LogP contribution in [0.2, 0.25) is 0 Å². The summed E-state index contributed by atoms with van der Waals surface area (Å²) in [6.07, 6.45) is 0. The summed E-state index contributed by atoms with van der Waals surface area (Å²) >= 11 is 1.64. The van der Waals surface area contributed by atoms with Gasteiger partial charge in [0.1, 0.15) is 18.8 Å². The summed E-state index contributed by atoms with van der Waals surface area (Å²) < 4.78 is 2.23. The molecule has 1 heterocycles. The minimum absolute atomic E-state index is 0.0982. The van der Waals surface area contributed by atoms with Crippen LogP contribution in [0.15, 0.2) is 90.3 Å². The van der Waals surface area contributed by atoms with Gasteiger partial charge in [0.05, 0.1) is 4.92 Å². The van der Waals surface area contributed by atoms with E-state index in [0.29, 0.717) is 6.54 Å². The number of aromatic nitrogens is 1. The van der Waals surface area contributed by atoms with E-state index in [2.05, 4.69) is 39.5 Å². The molecule has 6 heteroatoms. The van der Waals surface area contributed by atoms with Crippen molar-refractivity contribution in [2.45, 2.75) is 13.1 Å². The maximum Gasteiger partial charge on any atom is 0.334 e. The van der Waals surface area contributed by atoms with Crippen molar-refractivity contribution in [1.82, 2.24) is 0 Å². The van der Waals surface area contributed by atoms with Gasteiger partial charge in [-0.15, -0.1) is 0 Å². The lowest BCUT2D eigenvalue weighted by Crippen LogP contribution is -2.37. The first-order valence-electron chi connectivity index (χ1n) is 9.28. The number of non-ortho nitro benzene ring substituents is 1. The average Bonchev–Trinajstić information content (AvgIpc) is 3.16. The number of rotatable bonds is 7. The van der Waals surface area contributed by atoms with Gasteiger partial charge in [0.25, 0.3) is 5.69 Å². The van der Waals surface area contributed by atoms with Crippen LogP contribution < -0.4 is 9.88 Å². The lowest BCUT2D eigenvalue weighted by molar-refractivity contribution is -0.659. The molecule has 1 N–H and O–H groups in total. The maximum absolute atomic E-state index is 11.0. The number of nitrogens with one attached hydrogen (secondary N) is 1. The first-order chi connectivity index (χ1) is 14.2. The third kappa shape index (κ3) is 4.50. The van der Waals surface area contributed by atoms with Gasteiger partial charge in [-0.3, -0.25) is 15.4 Å². The predicted molar refractivity (Wildman–Crippen MR) is 116 cm³/mol. The zero-order valence-corrected chi connectivity index (χ0v) is 16.5. The molecule has 0 spiro atoms. The molecule has 0 saturated heterocycles. The number of hydrogen-bond acceptors (Lipinski definition) is 4. The lowest BCUT2D eigenvalue weighted by Gasteiger charge is -2.07. The maximum atomic E-state index is 11.0. The second kappa shape index (κ2) is 8.67. The van der Waals surface area contributed by atoms with Gasteiger partial charge in [-0.1, -0.05) is 72.0 Å². The Bertz CT molecular complexity index is 1090. The number of thiazole rings is 1. The summed E-state index contributed by atoms with van der Waals surface area (Å²) in [5.41, 5.74) is 4.49. The molecule has 3 aromatic carbocycles. The highest BCUT2D eigenvalue weighted by Crippen LogP contribution is 2.26. The lowest BCUT2D eigenvalue weighted by atomic mass is 10.1. The van der Waals surface area contributed by atoms with Crippen LogP contribution in [0.5, 0.6) is 0 Å². The topological polar surface area (TPSA) is 59.1 Å². The van der Waals surface area contributed by atoms with Crippen LogP contribution in [0.3, 0.4) is 0 Å². The van der Waals surface area contributed by atoms with Crippen LogP contribution in [0, 0.1) is 10.1 Å². The minimum atomic E-state index is -0.373. The predicted octanol–water partition coefficient (Wildman–Crippen LogP) is 5.27. The van der Waals surface area contributed by atoms with E-state index >= 15 is 0 Å². The fourth-order valence-electron chi connectivity index (χ4n) is 3.16. The van der Waals surface area contributed by atoms with E-state index in [0.717, 1.165) is 22.9 Å². The highest BCUT2D eigenvalue weighted by molar-refractivity contribution is 7.13. The molecule has 0 atom stereocenters. The number of hydrogen-bond donors (Lipinski definition) is 1. The summed E-state index contributed by atoms with van der Waals surface area (Å²) in [6.45, 7) is 1.45. The van der Waals surface area contributed by atoms with Gasteiger partial charge in [-0.05, 0) is 23.3 Å². The van der Waals surface area contributed by atoms with E-state index in [1.54, 1.807) is 23.5 Å². The number of benzene rings is 3. The van der Waals surface area contributed by atoms with Crippen LogP contribution in [-0.2, 0) is 13.1 Å². The van der Waals surface area contributed by atoms with E-state index in [-0.39, 0.29) is 10.6 Å². The molecule has 0 saturated carbocycles. The van der Waals surface area contributed by atoms with E-state index in [4.69, 9.17) is 0 Å². The molecule has 0 aliphatic rings. The van der Waals surface area contributed by atoms with Crippen molar-refractivity contribution in [1.29, 1.82) is 0 Å². The molecule has 4 rings (SSSR count). The van der Waals surface area contributed by atoms with Crippen molar-refractivity contribution in [2.75, 3.05) is 5.32 Å². The monoisotopic (exact) mass is 402 g/mol. The Morgan fingerprint density at radius 1 is 0.862 bits per heavy atom. The number of nitro benzene ring substituents is 1. The third-order valence-corrected chi connectivity index (χ3v) is 5.59. The Morgan fingerprint density at radius 2 is 1.48 bits per heavy atom. The summed E-state index contributed by atoms with van der Waals surface area (Å²) in [5, 5.41) is 17.7. The van der Waals surface area contributed by atoms with Gasteiger partial charge in [0.2, 0.25) is 0 Å². The fraction of sp³-hybridized carbons (Fsp3) is 0.0870.